The van der Waals surface area contributed by atoms with Crippen LogP contribution < -0.4 is 10.6 Å². The molecule has 2 atom stereocenters. The summed E-state index contributed by atoms with van der Waals surface area (Å²) in [6, 6.07) is 24.0. The van der Waals surface area contributed by atoms with Gasteiger partial charge in [0.15, 0.2) is 5.11 Å². The molecule has 0 saturated carbocycles. The van der Waals surface area contributed by atoms with Gasteiger partial charge in [0.1, 0.15) is 5.82 Å². The highest BCUT2D eigenvalue weighted by Gasteiger charge is 2.41. The monoisotopic (exact) mass is 527 g/mol. The van der Waals surface area contributed by atoms with E-state index in [9.17, 15) is 9.18 Å². The zero-order chi connectivity index (χ0) is 26.6. The molecule has 0 bridgehead atoms. The molecule has 0 unspecified atom stereocenters. The van der Waals surface area contributed by atoms with Crippen molar-refractivity contribution in [2.75, 3.05) is 11.9 Å². The van der Waals surface area contributed by atoms with Gasteiger partial charge in [-0.2, -0.15) is 0 Å². The van der Waals surface area contributed by atoms with E-state index in [0.29, 0.717) is 17.3 Å². The Morgan fingerprint density at radius 3 is 2.50 bits per heavy atom. The highest BCUT2D eigenvalue weighted by molar-refractivity contribution is 7.80. The van der Waals surface area contributed by atoms with Crippen LogP contribution in [0.15, 0.2) is 85.1 Å². The fourth-order valence-corrected chi connectivity index (χ4v) is 5.43. The van der Waals surface area contributed by atoms with Gasteiger partial charge in [-0.1, -0.05) is 36.4 Å². The molecule has 3 heterocycles. The summed E-state index contributed by atoms with van der Waals surface area (Å²) in [5, 5.41) is 6.90. The second-order valence-corrected chi connectivity index (χ2v) is 9.91. The maximum Gasteiger partial charge on any atom is 0.226 e. The van der Waals surface area contributed by atoms with Gasteiger partial charge in [0.25, 0.3) is 0 Å². The molecule has 0 spiro atoms. The molecule has 1 aliphatic rings. The van der Waals surface area contributed by atoms with E-state index in [1.54, 1.807) is 18.3 Å². The largest absolute Gasteiger partial charge is 0.352 e. The molecule has 2 aromatic carbocycles. The lowest BCUT2D eigenvalue weighted by atomic mass is 9.96. The van der Waals surface area contributed by atoms with Crippen molar-refractivity contribution in [3.8, 4) is 0 Å². The number of benzene rings is 2. The number of anilines is 1. The van der Waals surface area contributed by atoms with E-state index in [-0.39, 0.29) is 30.2 Å². The maximum absolute atomic E-state index is 13.2. The maximum atomic E-state index is 13.2. The molecule has 4 aromatic rings. The standard InChI is InChI=1S/C30H30FN5OS/c1-20-18-25(21(2)36(20)19-22-8-4-3-5-9-22)29-28(26-10-6-7-16-32-26)34-30(38)35(29)17-15-27(37)33-24-13-11-23(31)12-14-24/h3-14,16,18,28-29H,15,17,19H2,1-2H3,(H,33,37)(H,34,38)/t28-,29-/m0/s1. The lowest BCUT2D eigenvalue weighted by molar-refractivity contribution is -0.116. The molecule has 8 heteroatoms. The van der Waals surface area contributed by atoms with Crippen LogP contribution in [0.25, 0.3) is 0 Å². The Bertz CT molecular complexity index is 1420. The van der Waals surface area contributed by atoms with Crippen LogP contribution in [0.5, 0.6) is 0 Å². The minimum absolute atomic E-state index is 0.133. The van der Waals surface area contributed by atoms with E-state index < -0.39 is 0 Å². The number of nitrogens with zero attached hydrogens (tertiary/aromatic N) is 3. The summed E-state index contributed by atoms with van der Waals surface area (Å²) in [6.07, 6.45) is 2.02. The number of aromatic nitrogens is 2. The fourth-order valence-electron chi connectivity index (χ4n) is 5.10. The third kappa shape index (κ3) is 5.45. The Labute approximate surface area is 227 Å². The summed E-state index contributed by atoms with van der Waals surface area (Å²) in [5.41, 5.74) is 6.16. The molecule has 1 aliphatic heterocycles. The summed E-state index contributed by atoms with van der Waals surface area (Å²) >= 11 is 5.79. The predicted octanol–water partition coefficient (Wildman–Crippen LogP) is 5.69. The molecule has 0 aliphatic carbocycles. The number of pyridine rings is 1. The summed E-state index contributed by atoms with van der Waals surface area (Å²) in [5.74, 6) is -0.501. The molecule has 194 valence electrons. The summed E-state index contributed by atoms with van der Waals surface area (Å²) in [6.45, 7) is 5.46. The number of thiocarbonyl (C=S) groups is 1. The first-order valence-electron chi connectivity index (χ1n) is 12.6. The van der Waals surface area contributed by atoms with Crippen molar-refractivity contribution >= 4 is 28.9 Å². The molecule has 6 nitrogen and oxygen atoms in total. The molecule has 1 amide bonds. The van der Waals surface area contributed by atoms with Gasteiger partial charge >= 0.3 is 0 Å². The number of hydrogen-bond acceptors (Lipinski definition) is 3. The predicted molar refractivity (Wildman–Crippen MR) is 151 cm³/mol. The number of nitrogens with one attached hydrogen (secondary N) is 2. The topological polar surface area (TPSA) is 62.2 Å². The van der Waals surface area contributed by atoms with Crippen molar-refractivity contribution in [2.24, 2.45) is 0 Å². The van der Waals surface area contributed by atoms with Gasteiger partial charge in [-0.15, -0.1) is 0 Å². The summed E-state index contributed by atoms with van der Waals surface area (Å²) in [7, 11) is 0. The first-order valence-corrected chi connectivity index (χ1v) is 13.1. The molecule has 2 N–H and O–H groups in total. The lowest BCUT2D eigenvalue weighted by Crippen LogP contribution is -2.33. The number of hydrogen-bond donors (Lipinski definition) is 2. The number of amides is 1. The van der Waals surface area contributed by atoms with E-state index in [4.69, 9.17) is 12.2 Å². The van der Waals surface area contributed by atoms with Crippen molar-refractivity contribution in [1.29, 1.82) is 0 Å². The summed E-state index contributed by atoms with van der Waals surface area (Å²) in [4.78, 5) is 19.5. The van der Waals surface area contributed by atoms with Gasteiger partial charge in [0.05, 0.1) is 17.8 Å². The van der Waals surface area contributed by atoms with Crippen molar-refractivity contribution in [3.05, 3.63) is 119 Å². The molecular weight excluding hydrogens is 497 g/mol. The van der Waals surface area contributed by atoms with E-state index >= 15 is 0 Å². The molecule has 38 heavy (non-hydrogen) atoms. The second-order valence-electron chi connectivity index (χ2n) is 9.52. The molecule has 1 saturated heterocycles. The van der Waals surface area contributed by atoms with Crippen LogP contribution >= 0.6 is 12.2 Å². The van der Waals surface area contributed by atoms with E-state index in [2.05, 4.69) is 69.3 Å². The van der Waals surface area contributed by atoms with Crippen LogP contribution in [-0.2, 0) is 11.3 Å². The zero-order valence-electron chi connectivity index (χ0n) is 21.4. The molecule has 0 radical (unpaired) electrons. The highest BCUT2D eigenvalue weighted by Crippen LogP contribution is 2.41. The Balaban J connectivity index is 1.42. The normalized spacial score (nSPS) is 16.9. The van der Waals surface area contributed by atoms with Crippen molar-refractivity contribution in [3.63, 3.8) is 0 Å². The van der Waals surface area contributed by atoms with Gasteiger partial charge < -0.3 is 20.1 Å². The number of aryl methyl sites for hydroxylation is 1. The first-order chi connectivity index (χ1) is 18.4. The van der Waals surface area contributed by atoms with E-state index in [1.807, 2.05) is 24.3 Å². The van der Waals surface area contributed by atoms with Crippen LogP contribution in [0.3, 0.4) is 0 Å². The SMILES string of the molecule is Cc1cc([C@H]2[C@H](c3ccccn3)NC(=S)N2CCC(=O)Nc2ccc(F)cc2)c(C)n1Cc1ccccc1. The lowest BCUT2D eigenvalue weighted by Gasteiger charge is -2.28. The van der Waals surface area contributed by atoms with Crippen LogP contribution in [0.4, 0.5) is 10.1 Å². The van der Waals surface area contributed by atoms with Crippen LogP contribution in [0.2, 0.25) is 0 Å². The smallest absolute Gasteiger partial charge is 0.226 e. The molecule has 5 rings (SSSR count). The van der Waals surface area contributed by atoms with E-state index in [1.165, 1.54) is 17.7 Å². The fraction of sp³-hybridized carbons (Fsp3) is 0.233. The van der Waals surface area contributed by atoms with Gasteiger partial charge in [0, 0.05) is 42.8 Å². The van der Waals surface area contributed by atoms with E-state index in [0.717, 1.165) is 29.2 Å². The number of halogens is 1. The third-order valence-corrected chi connectivity index (χ3v) is 7.37. The molecule has 2 aromatic heterocycles. The first kappa shape index (κ1) is 25.6. The third-order valence-electron chi connectivity index (χ3n) is 7.02. The molecular formula is C30H30FN5OS. The Morgan fingerprint density at radius 2 is 1.79 bits per heavy atom. The summed E-state index contributed by atoms with van der Waals surface area (Å²) < 4.78 is 15.6. The zero-order valence-corrected chi connectivity index (χ0v) is 22.2. The molecule has 1 fully saturated rings. The van der Waals surface area contributed by atoms with Crippen molar-refractivity contribution in [1.82, 2.24) is 19.8 Å². The number of carbonyl (C=O) groups excluding carboxylic acids is 1. The van der Waals surface area contributed by atoms with Gasteiger partial charge in [-0.3, -0.25) is 9.78 Å². The van der Waals surface area contributed by atoms with Crippen molar-refractivity contribution < 1.29 is 9.18 Å². The van der Waals surface area contributed by atoms with Gasteiger partial charge in [-0.25, -0.2) is 4.39 Å². The van der Waals surface area contributed by atoms with Gasteiger partial charge in [0.2, 0.25) is 5.91 Å². The average Bonchev–Trinajstić information content (AvgIpc) is 3.40. The van der Waals surface area contributed by atoms with Crippen LogP contribution in [0.1, 0.15) is 46.7 Å². The Hall–Kier alpha value is -4.04. The highest BCUT2D eigenvalue weighted by atomic mass is 32.1. The average molecular weight is 528 g/mol. The minimum Gasteiger partial charge on any atom is -0.352 e. The second kappa shape index (κ2) is 11.1. The Kier molecular flexibility index (Phi) is 7.51. The quantitative estimate of drug-likeness (QED) is 0.288. The minimum atomic E-state index is -0.343. The van der Waals surface area contributed by atoms with Gasteiger partial charge in [-0.05, 0) is 79.7 Å². The Morgan fingerprint density at radius 1 is 1.05 bits per heavy atom. The van der Waals surface area contributed by atoms with Crippen LogP contribution in [0, 0.1) is 19.7 Å². The van der Waals surface area contributed by atoms with Crippen LogP contribution in [-0.4, -0.2) is 32.0 Å². The number of carbonyl (C=O) groups is 1. The van der Waals surface area contributed by atoms with Crippen molar-refractivity contribution in [2.45, 2.75) is 38.9 Å². The number of rotatable bonds is 8.